The summed E-state index contributed by atoms with van der Waals surface area (Å²) in [4.78, 5) is 24.8. The van der Waals surface area contributed by atoms with Gasteiger partial charge >= 0.3 is 0 Å². The van der Waals surface area contributed by atoms with Gasteiger partial charge in [0.2, 0.25) is 0 Å². The van der Waals surface area contributed by atoms with Crippen molar-refractivity contribution in [2.45, 2.75) is 6.92 Å². The minimum atomic E-state index is -0.444. The third kappa shape index (κ3) is 4.15. The maximum absolute atomic E-state index is 13.1. The number of carbonyl (C=O) groups excluding carboxylic acids is 2. The van der Waals surface area contributed by atoms with Gasteiger partial charge in [-0.05, 0) is 73.2 Å². The molecule has 7 heteroatoms. The Bertz CT molecular complexity index is 1190. The number of furan rings is 2. The van der Waals surface area contributed by atoms with Crippen LogP contribution in [0.2, 0.25) is 0 Å². The molecule has 150 valence electrons. The van der Waals surface area contributed by atoms with Crippen molar-refractivity contribution < 1.29 is 22.8 Å². The van der Waals surface area contributed by atoms with E-state index >= 15 is 0 Å². The van der Waals surface area contributed by atoms with Gasteiger partial charge in [-0.2, -0.15) is 0 Å². The molecule has 2 amide bonds. The fourth-order valence-corrected chi connectivity index (χ4v) is 2.85. The maximum Gasteiger partial charge on any atom is 0.291 e. The van der Waals surface area contributed by atoms with Gasteiger partial charge in [0.1, 0.15) is 11.6 Å². The standard InChI is InChI=1S/C23H17FN2O4/c1-14-4-9-17(25-22(27)20-3-2-12-29-20)13-18(14)26-23(28)21-11-10-19(30-21)15-5-7-16(24)8-6-15/h2-13H,1H3,(H,25,27)(H,26,28). The summed E-state index contributed by atoms with van der Waals surface area (Å²) in [5.41, 5.74) is 2.50. The van der Waals surface area contributed by atoms with Crippen molar-refractivity contribution in [1.82, 2.24) is 0 Å². The van der Waals surface area contributed by atoms with Gasteiger partial charge in [-0.1, -0.05) is 6.07 Å². The van der Waals surface area contributed by atoms with E-state index in [1.807, 2.05) is 6.92 Å². The van der Waals surface area contributed by atoms with E-state index in [2.05, 4.69) is 10.6 Å². The predicted octanol–water partition coefficient (Wildman–Crippen LogP) is 5.49. The van der Waals surface area contributed by atoms with Crippen molar-refractivity contribution in [2.75, 3.05) is 10.6 Å². The summed E-state index contributed by atoms with van der Waals surface area (Å²) in [5, 5.41) is 5.50. The van der Waals surface area contributed by atoms with Gasteiger partial charge in [0, 0.05) is 16.9 Å². The van der Waals surface area contributed by atoms with Crippen molar-refractivity contribution in [3.63, 3.8) is 0 Å². The lowest BCUT2D eigenvalue weighted by atomic mass is 10.1. The molecule has 0 aliphatic rings. The quantitative estimate of drug-likeness (QED) is 0.461. The normalized spacial score (nSPS) is 10.6. The van der Waals surface area contributed by atoms with Gasteiger partial charge in [-0.3, -0.25) is 9.59 Å². The van der Waals surface area contributed by atoms with Crippen molar-refractivity contribution in [3.8, 4) is 11.3 Å². The van der Waals surface area contributed by atoms with Gasteiger partial charge in [0.25, 0.3) is 11.8 Å². The Morgan fingerprint density at radius 3 is 2.37 bits per heavy atom. The third-order valence-corrected chi connectivity index (χ3v) is 4.45. The second-order valence-electron chi connectivity index (χ2n) is 6.59. The van der Waals surface area contributed by atoms with E-state index in [-0.39, 0.29) is 17.3 Å². The molecule has 6 nitrogen and oxygen atoms in total. The van der Waals surface area contributed by atoms with Gasteiger partial charge in [0.05, 0.1) is 6.26 Å². The Morgan fingerprint density at radius 1 is 0.867 bits per heavy atom. The lowest BCUT2D eigenvalue weighted by molar-refractivity contribution is 0.0990. The van der Waals surface area contributed by atoms with Crippen LogP contribution in [0.1, 0.15) is 26.7 Å². The van der Waals surface area contributed by atoms with Crippen LogP contribution in [0.4, 0.5) is 15.8 Å². The molecule has 2 heterocycles. The van der Waals surface area contributed by atoms with Crippen LogP contribution in [0, 0.1) is 12.7 Å². The second kappa shape index (κ2) is 8.08. The molecule has 0 radical (unpaired) electrons. The Balaban J connectivity index is 1.49. The smallest absolute Gasteiger partial charge is 0.291 e. The van der Waals surface area contributed by atoms with Crippen LogP contribution < -0.4 is 10.6 Å². The summed E-state index contributed by atoms with van der Waals surface area (Å²) in [6.07, 6.45) is 1.42. The molecule has 0 bridgehead atoms. The Kier molecular flexibility index (Phi) is 5.17. The van der Waals surface area contributed by atoms with E-state index in [1.165, 1.54) is 18.4 Å². The first-order valence-corrected chi connectivity index (χ1v) is 9.12. The van der Waals surface area contributed by atoms with Gasteiger partial charge in [-0.15, -0.1) is 0 Å². The molecule has 0 unspecified atom stereocenters. The molecule has 30 heavy (non-hydrogen) atoms. The molecule has 2 aromatic carbocycles. The molecule has 0 aliphatic carbocycles. The van der Waals surface area contributed by atoms with Crippen LogP contribution in [0.15, 0.2) is 81.8 Å². The number of hydrogen-bond donors (Lipinski definition) is 2. The zero-order chi connectivity index (χ0) is 21.1. The monoisotopic (exact) mass is 404 g/mol. The molecule has 0 atom stereocenters. The number of anilines is 2. The van der Waals surface area contributed by atoms with Crippen LogP contribution in [0.3, 0.4) is 0 Å². The average molecular weight is 404 g/mol. The van der Waals surface area contributed by atoms with Crippen molar-refractivity contribution in [1.29, 1.82) is 0 Å². The van der Waals surface area contributed by atoms with Crippen molar-refractivity contribution in [2.24, 2.45) is 0 Å². The number of halogens is 1. The van der Waals surface area contributed by atoms with Crippen LogP contribution in [-0.2, 0) is 0 Å². The largest absolute Gasteiger partial charge is 0.459 e. The molecular weight excluding hydrogens is 387 g/mol. The van der Waals surface area contributed by atoms with Gasteiger partial charge < -0.3 is 19.5 Å². The Labute approximate surface area is 171 Å². The van der Waals surface area contributed by atoms with Crippen LogP contribution in [-0.4, -0.2) is 11.8 Å². The highest BCUT2D eigenvalue weighted by Crippen LogP contribution is 2.25. The first-order chi connectivity index (χ1) is 14.5. The van der Waals surface area contributed by atoms with Crippen molar-refractivity contribution in [3.05, 3.63) is 95.9 Å². The van der Waals surface area contributed by atoms with Crippen LogP contribution >= 0.6 is 0 Å². The molecule has 2 N–H and O–H groups in total. The zero-order valence-electron chi connectivity index (χ0n) is 15.9. The van der Waals surface area contributed by atoms with E-state index in [4.69, 9.17) is 8.83 Å². The van der Waals surface area contributed by atoms with Crippen LogP contribution in [0.5, 0.6) is 0 Å². The number of aryl methyl sites for hydroxylation is 1. The summed E-state index contributed by atoms with van der Waals surface area (Å²) in [5.74, 6) is -0.435. The lowest BCUT2D eigenvalue weighted by Crippen LogP contribution is -2.14. The number of amides is 2. The van der Waals surface area contributed by atoms with Gasteiger partial charge in [0.15, 0.2) is 11.5 Å². The molecule has 4 aromatic rings. The highest BCUT2D eigenvalue weighted by Gasteiger charge is 2.15. The molecule has 0 aliphatic heterocycles. The van der Waals surface area contributed by atoms with Crippen molar-refractivity contribution >= 4 is 23.2 Å². The molecule has 0 fully saturated rings. The van der Waals surface area contributed by atoms with E-state index in [9.17, 15) is 14.0 Å². The Hall–Kier alpha value is -4.13. The highest BCUT2D eigenvalue weighted by molar-refractivity contribution is 6.05. The third-order valence-electron chi connectivity index (χ3n) is 4.45. The summed E-state index contributed by atoms with van der Waals surface area (Å²) in [6.45, 7) is 1.83. The molecular formula is C23H17FN2O4. The number of carbonyl (C=O) groups is 2. The van der Waals surface area contributed by atoms with E-state index < -0.39 is 11.8 Å². The van der Waals surface area contributed by atoms with E-state index in [0.29, 0.717) is 22.7 Å². The zero-order valence-corrected chi connectivity index (χ0v) is 15.9. The fraction of sp³-hybridized carbons (Fsp3) is 0.0435. The average Bonchev–Trinajstić information content (AvgIpc) is 3.43. The molecule has 0 saturated heterocycles. The summed E-state index contributed by atoms with van der Waals surface area (Å²) in [6, 6.07) is 17.3. The molecule has 4 rings (SSSR count). The van der Waals surface area contributed by atoms with E-state index in [1.54, 1.807) is 54.6 Å². The molecule has 2 aromatic heterocycles. The Morgan fingerprint density at radius 2 is 1.63 bits per heavy atom. The lowest BCUT2D eigenvalue weighted by Gasteiger charge is -2.10. The first-order valence-electron chi connectivity index (χ1n) is 9.12. The number of hydrogen-bond acceptors (Lipinski definition) is 4. The maximum atomic E-state index is 13.1. The fourth-order valence-electron chi connectivity index (χ4n) is 2.85. The SMILES string of the molecule is Cc1ccc(NC(=O)c2ccco2)cc1NC(=O)c1ccc(-c2ccc(F)cc2)o1. The van der Waals surface area contributed by atoms with Gasteiger partial charge in [-0.25, -0.2) is 4.39 Å². The minimum Gasteiger partial charge on any atom is -0.459 e. The summed E-state index contributed by atoms with van der Waals surface area (Å²) < 4.78 is 23.8. The first kappa shape index (κ1) is 19.2. The molecule has 0 spiro atoms. The minimum absolute atomic E-state index is 0.110. The molecule has 0 saturated carbocycles. The highest BCUT2D eigenvalue weighted by atomic mass is 19.1. The second-order valence-corrected chi connectivity index (χ2v) is 6.59. The van der Waals surface area contributed by atoms with E-state index in [0.717, 1.165) is 5.56 Å². The number of rotatable bonds is 5. The number of nitrogens with one attached hydrogen (secondary N) is 2. The summed E-state index contributed by atoms with van der Waals surface area (Å²) >= 11 is 0. The number of benzene rings is 2. The predicted molar refractivity (Wildman–Crippen MR) is 110 cm³/mol. The summed E-state index contributed by atoms with van der Waals surface area (Å²) in [7, 11) is 0. The van der Waals surface area contributed by atoms with Crippen LogP contribution in [0.25, 0.3) is 11.3 Å². The topological polar surface area (TPSA) is 84.5 Å².